The van der Waals surface area contributed by atoms with Crippen LogP contribution in [-0.4, -0.2) is 63.3 Å². The smallest absolute Gasteiger partial charge is 0.433 e. The molecule has 3 aromatic carbocycles. The molecule has 218 valence electrons. The quantitative estimate of drug-likeness (QED) is 0.264. The van der Waals surface area contributed by atoms with E-state index in [-0.39, 0.29) is 29.9 Å². The van der Waals surface area contributed by atoms with E-state index >= 15 is 0 Å². The van der Waals surface area contributed by atoms with E-state index in [2.05, 4.69) is 39.2 Å². The van der Waals surface area contributed by atoms with Crippen LogP contribution in [0.1, 0.15) is 33.4 Å². The van der Waals surface area contributed by atoms with E-state index in [4.69, 9.17) is 9.47 Å². The maximum atomic E-state index is 14.2. The van der Waals surface area contributed by atoms with Crippen LogP contribution in [0.15, 0.2) is 91.0 Å². The Balaban J connectivity index is 1.15. The molecule has 7 rings (SSSR count). The number of benzene rings is 3. The number of carbonyl (C=O) groups is 1. The normalized spacial score (nSPS) is 15.4. The largest absolute Gasteiger partial charge is 0.454 e. The SMILES string of the molecule is O=C(c1cc2nc(-c3ccc4c(c3)OCO4)cc(C(F)(F)F)n2n1)N1CCN(C(c2ccccc2)c2ccccc2)CC1. The molecule has 0 unspecified atom stereocenters. The van der Waals surface area contributed by atoms with Crippen LogP contribution >= 0.6 is 0 Å². The van der Waals surface area contributed by atoms with E-state index in [1.807, 2.05) is 36.4 Å². The summed E-state index contributed by atoms with van der Waals surface area (Å²) in [6.07, 6.45) is -4.73. The molecule has 43 heavy (non-hydrogen) atoms. The molecule has 0 spiro atoms. The van der Waals surface area contributed by atoms with Gasteiger partial charge in [-0.1, -0.05) is 60.7 Å². The van der Waals surface area contributed by atoms with Gasteiger partial charge in [-0.25, -0.2) is 9.50 Å². The summed E-state index contributed by atoms with van der Waals surface area (Å²) in [6, 6.07) is 27.5. The first kappa shape index (κ1) is 27.0. The summed E-state index contributed by atoms with van der Waals surface area (Å²) >= 11 is 0. The fourth-order valence-electron chi connectivity index (χ4n) is 5.71. The Kier molecular flexibility index (Phi) is 6.73. The number of rotatable bonds is 5. The number of fused-ring (bicyclic) bond motifs is 2. The highest BCUT2D eigenvalue weighted by atomic mass is 19.4. The van der Waals surface area contributed by atoms with Crippen molar-refractivity contribution in [2.75, 3.05) is 33.0 Å². The topological polar surface area (TPSA) is 72.2 Å². The molecule has 8 nitrogen and oxygen atoms in total. The number of nitrogens with zero attached hydrogens (tertiary/aromatic N) is 5. The van der Waals surface area contributed by atoms with Crippen molar-refractivity contribution >= 4 is 11.6 Å². The molecule has 1 saturated heterocycles. The van der Waals surface area contributed by atoms with Gasteiger partial charge in [0.15, 0.2) is 28.5 Å². The van der Waals surface area contributed by atoms with Gasteiger partial charge in [0.1, 0.15) is 0 Å². The van der Waals surface area contributed by atoms with Crippen molar-refractivity contribution in [3.05, 3.63) is 114 Å². The maximum absolute atomic E-state index is 14.2. The Bertz CT molecular complexity index is 1750. The molecule has 2 aromatic heterocycles. The summed E-state index contributed by atoms with van der Waals surface area (Å²) in [7, 11) is 0. The van der Waals surface area contributed by atoms with Crippen molar-refractivity contribution < 1.29 is 27.4 Å². The number of hydrogen-bond donors (Lipinski definition) is 0. The summed E-state index contributed by atoms with van der Waals surface area (Å²) in [5, 5.41) is 4.08. The summed E-state index contributed by atoms with van der Waals surface area (Å²) in [5.41, 5.74) is 1.63. The van der Waals surface area contributed by atoms with E-state index in [1.165, 1.54) is 6.07 Å². The van der Waals surface area contributed by atoms with Crippen LogP contribution in [-0.2, 0) is 6.18 Å². The minimum absolute atomic E-state index is 0.0167. The van der Waals surface area contributed by atoms with Crippen LogP contribution in [0.3, 0.4) is 0 Å². The van der Waals surface area contributed by atoms with Gasteiger partial charge in [0.25, 0.3) is 5.91 Å². The lowest BCUT2D eigenvalue weighted by Crippen LogP contribution is -2.50. The zero-order valence-corrected chi connectivity index (χ0v) is 22.9. The second-order valence-electron chi connectivity index (χ2n) is 10.4. The van der Waals surface area contributed by atoms with Crippen LogP contribution in [0, 0.1) is 0 Å². The molecule has 1 fully saturated rings. The summed E-state index contributed by atoms with van der Waals surface area (Å²) < 4.78 is 53.9. The van der Waals surface area contributed by atoms with Crippen molar-refractivity contribution in [3.8, 4) is 22.8 Å². The van der Waals surface area contributed by atoms with E-state index < -0.39 is 17.8 Å². The number of amides is 1. The molecule has 0 aliphatic carbocycles. The third-order valence-electron chi connectivity index (χ3n) is 7.80. The van der Waals surface area contributed by atoms with Crippen LogP contribution in [0.5, 0.6) is 11.5 Å². The molecular formula is C32H26F3N5O3. The van der Waals surface area contributed by atoms with Gasteiger partial charge in [-0.3, -0.25) is 9.69 Å². The highest BCUT2D eigenvalue weighted by Gasteiger charge is 2.36. The number of hydrogen-bond acceptors (Lipinski definition) is 6. The molecule has 0 saturated carbocycles. The molecule has 0 bridgehead atoms. The molecule has 0 radical (unpaired) electrons. The second-order valence-corrected chi connectivity index (χ2v) is 10.4. The number of halogens is 3. The highest BCUT2D eigenvalue weighted by molar-refractivity contribution is 5.93. The van der Waals surface area contributed by atoms with Gasteiger partial charge in [-0.05, 0) is 35.4 Å². The predicted molar refractivity (Wildman–Crippen MR) is 152 cm³/mol. The Hall–Kier alpha value is -4.90. The van der Waals surface area contributed by atoms with Crippen molar-refractivity contribution in [2.45, 2.75) is 12.2 Å². The Morgan fingerprint density at radius 3 is 2.09 bits per heavy atom. The number of aromatic nitrogens is 3. The molecule has 2 aliphatic heterocycles. The second kappa shape index (κ2) is 10.7. The van der Waals surface area contributed by atoms with E-state index in [9.17, 15) is 18.0 Å². The molecule has 5 aromatic rings. The highest BCUT2D eigenvalue weighted by Crippen LogP contribution is 2.38. The lowest BCUT2D eigenvalue weighted by Gasteiger charge is -2.39. The minimum atomic E-state index is -4.73. The van der Waals surface area contributed by atoms with Crippen LogP contribution < -0.4 is 9.47 Å². The van der Waals surface area contributed by atoms with Gasteiger partial charge in [-0.2, -0.15) is 18.3 Å². The standard InChI is InChI=1S/C32H26F3N5O3/c33-32(34,35)28-18-24(23-11-12-26-27(17-23)43-20-42-26)36-29-19-25(37-40(28)29)31(41)39-15-13-38(14-16-39)30(21-7-3-1-4-8-21)22-9-5-2-6-10-22/h1-12,17-19,30H,13-16,20H2. The molecule has 11 heteroatoms. The number of alkyl halides is 3. The van der Waals surface area contributed by atoms with Gasteiger partial charge in [-0.15, -0.1) is 0 Å². The van der Waals surface area contributed by atoms with Crippen LogP contribution in [0.2, 0.25) is 0 Å². The van der Waals surface area contributed by atoms with Gasteiger partial charge in [0.05, 0.1) is 11.7 Å². The zero-order valence-electron chi connectivity index (χ0n) is 22.9. The molecule has 2 aliphatic rings. The first-order valence-electron chi connectivity index (χ1n) is 13.9. The summed E-state index contributed by atoms with van der Waals surface area (Å²) in [6.45, 7) is 2.04. The van der Waals surface area contributed by atoms with Gasteiger partial charge < -0.3 is 14.4 Å². The van der Waals surface area contributed by atoms with Crippen molar-refractivity contribution in [3.63, 3.8) is 0 Å². The van der Waals surface area contributed by atoms with E-state index in [0.29, 0.717) is 47.8 Å². The molecule has 0 N–H and O–H groups in total. The van der Waals surface area contributed by atoms with Crippen molar-refractivity contribution in [1.82, 2.24) is 24.4 Å². The molecular weight excluding hydrogens is 559 g/mol. The molecule has 0 atom stereocenters. The lowest BCUT2D eigenvalue weighted by molar-refractivity contribution is -0.142. The first-order valence-corrected chi connectivity index (χ1v) is 13.9. The van der Waals surface area contributed by atoms with Gasteiger partial charge in [0.2, 0.25) is 6.79 Å². The Morgan fingerprint density at radius 1 is 0.791 bits per heavy atom. The fourth-order valence-corrected chi connectivity index (χ4v) is 5.71. The Morgan fingerprint density at radius 2 is 1.44 bits per heavy atom. The van der Waals surface area contributed by atoms with Crippen LogP contribution in [0.4, 0.5) is 13.2 Å². The van der Waals surface area contributed by atoms with E-state index in [1.54, 1.807) is 23.1 Å². The van der Waals surface area contributed by atoms with E-state index in [0.717, 1.165) is 17.2 Å². The number of carbonyl (C=O) groups excluding carboxylic acids is 1. The zero-order chi connectivity index (χ0) is 29.6. The summed E-state index contributed by atoms with van der Waals surface area (Å²) in [4.78, 5) is 21.9. The number of piperazine rings is 1. The third-order valence-corrected chi connectivity index (χ3v) is 7.80. The first-order chi connectivity index (χ1) is 20.8. The monoisotopic (exact) mass is 585 g/mol. The van der Waals surface area contributed by atoms with Crippen molar-refractivity contribution in [2.24, 2.45) is 0 Å². The average molecular weight is 586 g/mol. The third kappa shape index (κ3) is 5.16. The van der Waals surface area contributed by atoms with Crippen molar-refractivity contribution in [1.29, 1.82) is 0 Å². The molecule has 1 amide bonds. The average Bonchev–Trinajstić information content (AvgIpc) is 3.68. The minimum Gasteiger partial charge on any atom is -0.454 e. The van der Waals surface area contributed by atoms with Gasteiger partial charge in [0, 0.05) is 37.8 Å². The molecule has 4 heterocycles. The maximum Gasteiger partial charge on any atom is 0.433 e. The van der Waals surface area contributed by atoms with Crippen LogP contribution in [0.25, 0.3) is 16.9 Å². The number of ether oxygens (including phenoxy) is 2. The Labute approximate surface area is 244 Å². The predicted octanol–water partition coefficient (Wildman–Crippen LogP) is 5.69. The lowest BCUT2D eigenvalue weighted by atomic mass is 9.96. The fraction of sp³-hybridized carbons (Fsp3) is 0.219. The van der Waals surface area contributed by atoms with Gasteiger partial charge >= 0.3 is 6.18 Å². The summed E-state index contributed by atoms with van der Waals surface area (Å²) in [5.74, 6) is 0.508.